The average Bonchev–Trinajstić information content (AvgIpc) is 2.78. The van der Waals surface area contributed by atoms with Crippen LogP contribution in [0.3, 0.4) is 0 Å². The van der Waals surface area contributed by atoms with E-state index in [1.165, 1.54) is 0 Å². The molecule has 0 radical (unpaired) electrons. The molecule has 2 N–H and O–H groups in total. The highest BCUT2D eigenvalue weighted by Crippen LogP contribution is 2.29. The van der Waals surface area contributed by atoms with Gasteiger partial charge in [0, 0.05) is 25.2 Å². The van der Waals surface area contributed by atoms with Gasteiger partial charge in [0.1, 0.15) is 5.52 Å². The summed E-state index contributed by atoms with van der Waals surface area (Å²) < 4.78 is 5.83. The van der Waals surface area contributed by atoms with Gasteiger partial charge in [-0.25, -0.2) is 0 Å². The Morgan fingerprint density at radius 2 is 2.11 bits per heavy atom. The van der Waals surface area contributed by atoms with Crippen LogP contribution in [0.5, 0.6) is 0 Å². The Hall–Kier alpha value is -1.75. The molecule has 1 aromatic heterocycles. The van der Waals surface area contributed by atoms with Gasteiger partial charge in [0.25, 0.3) is 6.01 Å². The second-order valence-electron chi connectivity index (χ2n) is 5.85. The average molecular weight is 260 g/mol. The highest BCUT2D eigenvalue weighted by Gasteiger charge is 2.33. The van der Waals surface area contributed by atoms with Crippen molar-refractivity contribution in [3.8, 4) is 0 Å². The van der Waals surface area contributed by atoms with Crippen LogP contribution in [0.1, 0.15) is 13.8 Å². The van der Waals surface area contributed by atoms with E-state index in [0.717, 1.165) is 30.7 Å². The molecule has 3 rings (SSSR count). The second kappa shape index (κ2) is 4.13. The maximum atomic E-state index is 5.93. The van der Waals surface area contributed by atoms with Gasteiger partial charge in [-0.1, -0.05) is 6.07 Å². The maximum absolute atomic E-state index is 5.93. The van der Waals surface area contributed by atoms with Crippen molar-refractivity contribution < 1.29 is 4.42 Å². The molecule has 1 fully saturated rings. The second-order valence-corrected chi connectivity index (χ2v) is 5.85. The first-order valence-electron chi connectivity index (χ1n) is 6.58. The molecular weight excluding hydrogens is 240 g/mol. The van der Waals surface area contributed by atoms with Crippen molar-refractivity contribution in [2.75, 3.05) is 37.3 Å². The Morgan fingerprint density at radius 3 is 2.79 bits per heavy atom. The summed E-state index contributed by atoms with van der Waals surface area (Å²) in [5.74, 6) is 0. The van der Waals surface area contributed by atoms with E-state index < -0.39 is 0 Å². The number of hydrogen-bond acceptors (Lipinski definition) is 5. The molecule has 0 saturated carbocycles. The number of hydrogen-bond donors (Lipinski definition) is 1. The third kappa shape index (κ3) is 2.04. The van der Waals surface area contributed by atoms with Crippen molar-refractivity contribution >= 4 is 22.8 Å². The van der Waals surface area contributed by atoms with Crippen LogP contribution < -0.4 is 10.6 Å². The summed E-state index contributed by atoms with van der Waals surface area (Å²) in [6.07, 6.45) is 0. The lowest BCUT2D eigenvalue weighted by atomic mass is 10.0. The molecule has 1 aromatic carbocycles. The van der Waals surface area contributed by atoms with Crippen LogP contribution >= 0.6 is 0 Å². The molecule has 1 aliphatic rings. The molecule has 2 aromatic rings. The number of benzene rings is 1. The molecule has 0 amide bonds. The number of aromatic nitrogens is 1. The fourth-order valence-electron chi connectivity index (χ4n) is 2.50. The smallest absolute Gasteiger partial charge is 0.298 e. The molecule has 19 heavy (non-hydrogen) atoms. The summed E-state index contributed by atoms with van der Waals surface area (Å²) in [5.41, 5.74) is 8.22. The molecule has 5 heteroatoms. The van der Waals surface area contributed by atoms with Crippen LogP contribution in [0.4, 0.5) is 11.7 Å². The molecule has 5 nitrogen and oxygen atoms in total. The summed E-state index contributed by atoms with van der Waals surface area (Å²) in [5, 5.41) is 0. The number of nitrogen functional groups attached to an aromatic ring is 1. The molecule has 1 aliphatic heterocycles. The fraction of sp³-hybridized carbons (Fsp3) is 0.500. The minimum absolute atomic E-state index is 0.116. The lowest BCUT2D eigenvalue weighted by molar-refractivity contribution is 0.136. The van der Waals surface area contributed by atoms with E-state index in [-0.39, 0.29) is 5.54 Å². The first kappa shape index (κ1) is 12.3. The standard InChI is InChI=1S/C14H20N4O/c1-14(2)9-18(8-7-17(14)3)13-16-12-10(15)5-4-6-11(12)19-13/h4-6H,7-9,15H2,1-3H3. The highest BCUT2D eigenvalue weighted by atomic mass is 16.4. The summed E-state index contributed by atoms with van der Waals surface area (Å²) in [4.78, 5) is 9.10. The van der Waals surface area contributed by atoms with Gasteiger partial charge in [-0.15, -0.1) is 0 Å². The van der Waals surface area contributed by atoms with Gasteiger partial charge in [-0.3, -0.25) is 4.90 Å². The number of oxazole rings is 1. The van der Waals surface area contributed by atoms with Gasteiger partial charge in [0.2, 0.25) is 0 Å². The zero-order valence-corrected chi connectivity index (χ0v) is 11.7. The summed E-state index contributed by atoms with van der Waals surface area (Å²) in [6, 6.07) is 6.32. The first-order valence-corrected chi connectivity index (χ1v) is 6.58. The summed E-state index contributed by atoms with van der Waals surface area (Å²) in [7, 11) is 2.15. The molecule has 0 bridgehead atoms. The number of anilines is 2. The number of fused-ring (bicyclic) bond motifs is 1. The van der Waals surface area contributed by atoms with Crippen LogP contribution in [0.15, 0.2) is 22.6 Å². The van der Waals surface area contributed by atoms with Gasteiger partial charge < -0.3 is 15.1 Å². The lowest BCUT2D eigenvalue weighted by Gasteiger charge is -2.44. The van der Waals surface area contributed by atoms with E-state index in [1.807, 2.05) is 18.2 Å². The fourth-order valence-corrected chi connectivity index (χ4v) is 2.50. The number of nitrogens with zero attached hydrogens (tertiary/aromatic N) is 3. The van der Waals surface area contributed by atoms with Crippen LogP contribution in [0.25, 0.3) is 11.1 Å². The van der Waals surface area contributed by atoms with E-state index in [0.29, 0.717) is 11.7 Å². The van der Waals surface area contributed by atoms with Crippen LogP contribution in [0, 0.1) is 0 Å². The van der Waals surface area contributed by atoms with Crippen molar-refractivity contribution in [2.24, 2.45) is 0 Å². The van der Waals surface area contributed by atoms with Crippen LogP contribution in [-0.4, -0.2) is 42.1 Å². The Balaban J connectivity index is 1.95. The van der Waals surface area contributed by atoms with Gasteiger partial charge in [0.15, 0.2) is 5.58 Å². The van der Waals surface area contributed by atoms with Crippen molar-refractivity contribution in [3.63, 3.8) is 0 Å². The Morgan fingerprint density at radius 1 is 1.32 bits per heavy atom. The molecular formula is C14H20N4O. The third-order valence-electron chi connectivity index (χ3n) is 4.03. The van der Waals surface area contributed by atoms with E-state index in [9.17, 15) is 0 Å². The van der Waals surface area contributed by atoms with E-state index >= 15 is 0 Å². The Bertz CT molecular complexity index is 605. The number of piperazine rings is 1. The molecule has 0 atom stereocenters. The minimum atomic E-state index is 0.116. The maximum Gasteiger partial charge on any atom is 0.298 e. The molecule has 1 saturated heterocycles. The van der Waals surface area contributed by atoms with Gasteiger partial charge >= 0.3 is 0 Å². The Kier molecular flexibility index (Phi) is 2.67. The number of likely N-dealkylation sites (N-methyl/N-ethyl adjacent to an activating group) is 1. The summed E-state index contributed by atoms with van der Waals surface area (Å²) >= 11 is 0. The molecule has 0 unspecified atom stereocenters. The zero-order valence-electron chi connectivity index (χ0n) is 11.7. The molecule has 102 valence electrons. The quantitative estimate of drug-likeness (QED) is 0.794. The van der Waals surface area contributed by atoms with Crippen molar-refractivity contribution in [1.29, 1.82) is 0 Å². The predicted molar refractivity (Wildman–Crippen MR) is 77.3 cm³/mol. The van der Waals surface area contributed by atoms with Crippen LogP contribution in [-0.2, 0) is 0 Å². The Labute approximate surface area is 113 Å². The summed E-state index contributed by atoms with van der Waals surface area (Å²) in [6.45, 7) is 7.29. The monoisotopic (exact) mass is 260 g/mol. The van der Waals surface area contributed by atoms with Crippen LogP contribution in [0.2, 0.25) is 0 Å². The van der Waals surface area contributed by atoms with E-state index in [2.05, 4.69) is 35.7 Å². The van der Waals surface area contributed by atoms with Crippen molar-refractivity contribution in [3.05, 3.63) is 18.2 Å². The number of nitrogens with two attached hydrogens (primary N) is 1. The largest absolute Gasteiger partial charge is 0.423 e. The molecule has 0 aliphatic carbocycles. The zero-order chi connectivity index (χ0) is 13.6. The van der Waals surface area contributed by atoms with E-state index in [4.69, 9.17) is 10.2 Å². The van der Waals surface area contributed by atoms with Gasteiger partial charge in [-0.2, -0.15) is 4.98 Å². The topological polar surface area (TPSA) is 58.5 Å². The van der Waals surface area contributed by atoms with Gasteiger partial charge in [0.05, 0.1) is 5.69 Å². The number of rotatable bonds is 1. The van der Waals surface area contributed by atoms with E-state index in [1.54, 1.807) is 0 Å². The van der Waals surface area contributed by atoms with Crippen molar-refractivity contribution in [2.45, 2.75) is 19.4 Å². The molecule has 2 heterocycles. The number of para-hydroxylation sites is 1. The van der Waals surface area contributed by atoms with Crippen molar-refractivity contribution in [1.82, 2.24) is 9.88 Å². The predicted octanol–water partition coefficient (Wildman–Crippen LogP) is 1.94. The lowest BCUT2D eigenvalue weighted by Crippen LogP contribution is -2.57. The first-order chi connectivity index (χ1) is 8.97. The normalized spacial score (nSPS) is 20.1. The van der Waals surface area contributed by atoms with Gasteiger partial charge in [-0.05, 0) is 33.0 Å². The minimum Gasteiger partial charge on any atom is -0.423 e. The highest BCUT2D eigenvalue weighted by molar-refractivity contribution is 5.86. The third-order valence-corrected chi connectivity index (χ3v) is 4.03. The SMILES string of the molecule is CN1CCN(c2nc3c(N)cccc3o2)CC1(C)C. The molecule has 0 spiro atoms.